The lowest BCUT2D eigenvalue weighted by Gasteiger charge is -2.15. The number of carbonyl (C=O) groups is 2. The highest BCUT2D eigenvalue weighted by Crippen LogP contribution is 2.27. The number of ether oxygens (including phenoxy) is 2. The predicted octanol–water partition coefficient (Wildman–Crippen LogP) is 2.93. The van der Waals surface area contributed by atoms with Gasteiger partial charge >= 0.3 is 5.97 Å². The van der Waals surface area contributed by atoms with Crippen molar-refractivity contribution in [3.8, 4) is 5.75 Å². The van der Waals surface area contributed by atoms with Crippen LogP contribution in [0.1, 0.15) is 17.3 Å². The molecule has 1 aromatic heterocycles. The topological polar surface area (TPSA) is 77.5 Å². The second kappa shape index (κ2) is 7.60. The summed E-state index contributed by atoms with van der Waals surface area (Å²) in [6.07, 6.45) is 1.91. The average Bonchev–Trinajstić information content (AvgIpc) is 2.55. The lowest BCUT2D eigenvalue weighted by Crippen LogP contribution is -2.30. The number of aromatic nitrogens is 1. The van der Waals surface area contributed by atoms with Crippen LogP contribution in [0.25, 0.3) is 0 Å². The van der Waals surface area contributed by atoms with Gasteiger partial charge in [-0.15, -0.1) is 0 Å². The molecule has 1 amide bonds. The number of carbonyl (C=O) groups excluding carboxylic acids is 2. The van der Waals surface area contributed by atoms with Crippen molar-refractivity contribution < 1.29 is 19.1 Å². The van der Waals surface area contributed by atoms with E-state index < -0.39 is 18.0 Å². The Bertz CT molecular complexity index is 706. The Balaban J connectivity index is 2.03. The van der Waals surface area contributed by atoms with Crippen molar-refractivity contribution >= 4 is 29.2 Å². The van der Waals surface area contributed by atoms with E-state index in [-0.39, 0.29) is 5.56 Å². The Hall–Kier alpha value is -2.60. The van der Waals surface area contributed by atoms with Crippen molar-refractivity contribution in [2.24, 2.45) is 0 Å². The van der Waals surface area contributed by atoms with Crippen LogP contribution in [-0.4, -0.2) is 30.1 Å². The third kappa shape index (κ3) is 4.43. The van der Waals surface area contributed by atoms with Gasteiger partial charge in [0.2, 0.25) is 0 Å². The van der Waals surface area contributed by atoms with Crippen LogP contribution in [0.2, 0.25) is 5.02 Å². The van der Waals surface area contributed by atoms with Gasteiger partial charge in [-0.25, -0.2) is 4.79 Å². The highest BCUT2D eigenvalue weighted by molar-refractivity contribution is 6.31. The zero-order valence-corrected chi connectivity index (χ0v) is 13.3. The molecule has 0 aliphatic carbocycles. The molecule has 0 radical (unpaired) electrons. The number of nitrogens with zero attached hydrogens (tertiary/aromatic N) is 1. The molecule has 0 spiro atoms. The molecule has 1 atom stereocenters. The molecule has 0 aliphatic heterocycles. The highest BCUT2D eigenvalue weighted by atomic mass is 35.5. The minimum absolute atomic E-state index is 0.271. The number of nitrogens with one attached hydrogen (secondary N) is 1. The lowest BCUT2D eigenvalue weighted by molar-refractivity contribution is -0.123. The fourth-order valence-electron chi connectivity index (χ4n) is 1.78. The summed E-state index contributed by atoms with van der Waals surface area (Å²) in [6.45, 7) is 1.47. The van der Waals surface area contributed by atoms with Crippen LogP contribution < -0.4 is 10.1 Å². The molecule has 0 saturated carbocycles. The molecular formula is C16H15ClN2O4. The van der Waals surface area contributed by atoms with E-state index in [1.54, 1.807) is 36.5 Å². The summed E-state index contributed by atoms with van der Waals surface area (Å²) < 4.78 is 10.3. The molecule has 1 unspecified atom stereocenters. The molecule has 0 fully saturated rings. The van der Waals surface area contributed by atoms with E-state index in [9.17, 15) is 9.59 Å². The summed E-state index contributed by atoms with van der Waals surface area (Å²) in [5, 5.41) is 3.06. The first-order valence-electron chi connectivity index (χ1n) is 6.76. The van der Waals surface area contributed by atoms with Crippen LogP contribution in [-0.2, 0) is 9.53 Å². The van der Waals surface area contributed by atoms with Crippen LogP contribution in [0.3, 0.4) is 0 Å². The minimum Gasteiger partial charge on any atom is -0.495 e. The molecule has 6 nitrogen and oxygen atoms in total. The van der Waals surface area contributed by atoms with Gasteiger partial charge in [-0.1, -0.05) is 11.6 Å². The van der Waals surface area contributed by atoms with Crippen molar-refractivity contribution in [2.45, 2.75) is 13.0 Å². The molecule has 120 valence electrons. The maximum Gasteiger partial charge on any atom is 0.340 e. The monoisotopic (exact) mass is 334 g/mol. The third-order valence-corrected chi connectivity index (χ3v) is 3.20. The number of pyridine rings is 1. The maximum atomic E-state index is 12.2. The normalized spacial score (nSPS) is 11.4. The molecule has 0 aliphatic rings. The van der Waals surface area contributed by atoms with Crippen molar-refractivity contribution in [1.82, 2.24) is 4.98 Å². The van der Waals surface area contributed by atoms with Crippen LogP contribution in [0.5, 0.6) is 5.75 Å². The second-order valence-electron chi connectivity index (χ2n) is 4.62. The summed E-state index contributed by atoms with van der Waals surface area (Å²) in [5.41, 5.74) is 0.668. The van der Waals surface area contributed by atoms with Gasteiger partial charge in [0.05, 0.1) is 18.4 Å². The van der Waals surface area contributed by atoms with E-state index in [1.807, 2.05) is 0 Å². The van der Waals surface area contributed by atoms with Gasteiger partial charge in [0.25, 0.3) is 5.91 Å². The Kier molecular flexibility index (Phi) is 5.54. The van der Waals surface area contributed by atoms with Gasteiger partial charge in [0.15, 0.2) is 6.10 Å². The van der Waals surface area contributed by atoms with Gasteiger partial charge in [-0.3, -0.25) is 9.78 Å². The molecule has 1 heterocycles. The first-order valence-corrected chi connectivity index (χ1v) is 7.14. The van der Waals surface area contributed by atoms with E-state index in [1.165, 1.54) is 20.2 Å². The van der Waals surface area contributed by atoms with Crippen molar-refractivity contribution in [3.63, 3.8) is 0 Å². The smallest absolute Gasteiger partial charge is 0.340 e. The Morgan fingerprint density at radius 2 is 2.09 bits per heavy atom. The summed E-state index contributed by atoms with van der Waals surface area (Å²) >= 11 is 5.90. The molecular weight excluding hydrogens is 320 g/mol. The van der Waals surface area contributed by atoms with E-state index >= 15 is 0 Å². The van der Waals surface area contributed by atoms with E-state index in [4.69, 9.17) is 21.1 Å². The van der Waals surface area contributed by atoms with Gasteiger partial charge in [0.1, 0.15) is 5.75 Å². The first-order chi connectivity index (χ1) is 11.0. The average molecular weight is 335 g/mol. The van der Waals surface area contributed by atoms with Crippen molar-refractivity contribution in [1.29, 1.82) is 0 Å². The maximum absolute atomic E-state index is 12.2. The van der Waals surface area contributed by atoms with Gasteiger partial charge in [-0.2, -0.15) is 0 Å². The number of rotatable bonds is 5. The van der Waals surface area contributed by atoms with E-state index in [0.717, 1.165) is 0 Å². The van der Waals surface area contributed by atoms with E-state index in [0.29, 0.717) is 16.5 Å². The number of hydrogen-bond donors (Lipinski definition) is 1. The molecule has 7 heteroatoms. The number of benzene rings is 1. The molecule has 0 saturated heterocycles. The quantitative estimate of drug-likeness (QED) is 0.851. The zero-order chi connectivity index (χ0) is 16.8. The van der Waals surface area contributed by atoms with Crippen LogP contribution in [0.4, 0.5) is 5.69 Å². The number of halogens is 1. The third-order valence-electron chi connectivity index (χ3n) is 2.97. The number of methoxy groups -OCH3 is 1. The predicted molar refractivity (Wildman–Crippen MR) is 85.7 cm³/mol. The lowest BCUT2D eigenvalue weighted by atomic mass is 10.2. The van der Waals surface area contributed by atoms with Gasteiger partial charge < -0.3 is 14.8 Å². The van der Waals surface area contributed by atoms with Crippen LogP contribution >= 0.6 is 11.6 Å². The number of amides is 1. The largest absolute Gasteiger partial charge is 0.495 e. The van der Waals surface area contributed by atoms with Gasteiger partial charge in [0, 0.05) is 17.4 Å². The van der Waals surface area contributed by atoms with Crippen LogP contribution in [0, 0.1) is 0 Å². The standard InChI is InChI=1S/C16H15ClN2O4/c1-10(23-16(21)11-4-3-7-18-9-11)15(20)19-13-8-12(17)5-6-14(13)22-2/h3-10H,1-2H3,(H,19,20). The molecule has 0 bridgehead atoms. The fourth-order valence-corrected chi connectivity index (χ4v) is 1.95. The second-order valence-corrected chi connectivity index (χ2v) is 5.06. The summed E-state index contributed by atoms with van der Waals surface area (Å²) in [5.74, 6) is -0.671. The summed E-state index contributed by atoms with van der Waals surface area (Å²) in [4.78, 5) is 27.9. The van der Waals surface area contributed by atoms with Crippen molar-refractivity contribution in [3.05, 3.63) is 53.3 Å². The molecule has 2 rings (SSSR count). The fraction of sp³-hybridized carbons (Fsp3) is 0.188. The van der Waals surface area contributed by atoms with Crippen LogP contribution in [0.15, 0.2) is 42.7 Å². The van der Waals surface area contributed by atoms with E-state index in [2.05, 4.69) is 10.3 Å². The number of anilines is 1. The zero-order valence-electron chi connectivity index (χ0n) is 12.6. The molecule has 2 aromatic rings. The summed E-state index contributed by atoms with van der Waals surface area (Å²) in [7, 11) is 1.48. The SMILES string of the molecule is COc1ccc(Cl)cc1NC(=O)C(C)OC(=O)c1cccnc1. The Morgan fingerprint density at radius 3 is 2.74 bits per heavy atom. The Morgan fingerprint density at radius 1 is 1.30 bits per heavy atom. The molecule has 1 aromatic carbocycles. The first kappa shape index (κ1) is 16.8. The minimum atomic E-state index is -0.994. The molecule has 1 N–H and O–H groups in total. The molecule has 23 heavy (non-hydrogen) atoms. The number of esters is 1. The number of hydrogen-bond acceptors (Lipinski definition) is 5. The Labute approximate surface area is 138 Å². The van der Waals surface area contributed by atoms with Gasteiger partial charge in [-0.05, 0) is 37.3 Å². The highest BCUT2D eigenvalue weighted by Gasteiger charge is 2.20. The van der Waals surface area contributed by atoms with Crippen molar-refractivity contribution in [2.75, 3.05) is 12.4 Å². The summed E-state index contributed by atoms with van der Waals surface area (Å²) in [6, 6.07) is 7.98.